The second-order valence-corrected chi connectivity index (χ2v) is 5.99. The Balaban J connectivity index is 2.18. The third-order valence-electron chi connectivity index (χ3n) is 3.41. The highest BCUT2D eigenvalue weighted by Crippen LogP contribution is 2.34. The van der Waals surface area contributed by atoms with Gasteiger partial charge in [-0.25, -0.2) is 0 Å². The van der Waals surface area contributed by atoms with Crippen molar-refractivity contribution >= 4 is 21.6 Å². The molecule has 0 aromatic heterocycles. The summed E-state index contributed by atoms with van der Waals surface area (Å²) in [5.74, 6) is -0.633. The highest BCUT2D eigenvalue weighted by molar-refractivity contribution is 9.09. The summed E-state index contributed by atoms with van der Waals surface area (Å²) >= 11 is 3.62. The number of rotatable bonds is 5. The van der Waals surface area contributed by atoms with Crippen LogP contribution in [0.4, 0.5) is 10.1 Å². The number of hydrogen-bond donors (Lipinski definition) is 0. The standard InChI is InChI=1S/C16H15BrFNO2/c1-11(15(17)12-6-3-2-4-7-12)10-13-8-5-9-14(16(13)18)19(20)21/h2-9,11,15H,10H2,1H3. The lowest BCUT2D eigenvalue weighted by atomic mass is 9.93. The van der Waals surface area contributed by atoms with Gasteiger partial charge in [0.1, 0.15) is 0 Å². The fraction of sp³-hybridized carbons (Fsp3) is 0.250. The molecule has 0 fully saturated rings. The van der Waals surface area contributed by atoms with E-state index in [9.17, 15) is 14.5 Å². The third-order valence-corrected chi connectivity index (χ3v) is 4.85. The first-order valence-electron chi connectivity index (χ1n) is 6.61. The summed E-state index contributed by atoms with van der Waals surface area (Å²) in [7, 11) is 0. The minimum atomic E-state index is -0.734. The number of halogens is 2. The first-order valence-corrected chi connectivity index (χ1v) is 7.53. The molecule has 2 unspecified atom stereocenters. The molecule has 0 radical (unpaired) electrons. The van der Waals surface area contributed by atoms with Gasteiger partial charge < -0.3 is 0 Å². The maximum absolute atomic E-state index is 14.1. The molecular formula is C16H15BrFNO2. The Bertz CT molecular complexity index is 633. The Morgan fingerprint density at radius 1 is 1.19 bits per heavy atom. The largest absolute Gasteiger partial charge is 0.305 e. The van der Waals surface area contributed by atoms with Crippen molar-refractivity contribution in [3.8, 4) is 0 Å². The van der Waals surface area contributed by atoms with Gasteiger partial charge in [0.05, 0.1) is 4.92 Å². The Labute approximate surface area is 131 Å². The minimum absolute atomic E-state index is 0.0670. The van der Waals surface area contributed by atoms with Crippen molar-refractivity contribution in [1.29, 1.82) is 0 Å². The number of alkyl halides is 1. The minimum Gasteiger partial charge on any atom is -0.258 e. The van der Waals surface area contributed by atoms with Crippen molar-refractivity contribution in [3.05, 3.63) is 75.6 Å². The molecule has 0 aliphatic heterocycles. The maximum atomic E-state index is 14.1. The lowest BCUT2D eigenvalue weighted by molar-refractivity contribution is -0.387. The van der Waals surface area contributed by atoms with E-state index in [2.05, 4.69) is 15.9 Å². The second-order valence-electron chi connectivity index (χ2n) is 5.00. The second kappa shape index (κ2) is 6.80. The molecule has 2 rings (SSSR count). The summed E-state index contributed by atoms with van der Waals surface area (Å²) in [5, 5.41) is 10.8. The van der Waals surface area contributed by atoms with Crippen LogP contribution in [0.3, 0.4) is 0 Å². The summed E-state index contributed by atoms with van der Waals surface area (Å²) in [5.41, 5.74) is 1.01. The van der Waals surface area contributed by atoms with E-state index in [-0.39, 0.29) is 10.7 Å². The molecule has 2 aromatic carbocycles. The zero-order valence-electron chi connectivity index (χ0n) is 11.5. The molecule has 0 bridgehead atoms. The van der Waals surface area contributed by atoms with E-state index < -0.39 is 16.4 Å². The normalized spacial score (nSPS) is 13.7. The molecule has 110 valence electrons. The Morgan fingerprint density at radius 3 is 2.48 bits per heavy atom. The van der Waals surface area contributed by atoms with E-state index in [0.29, 0.717) is 12.0 Å². The van der Waals surface area contributed by atoms with Crippen LogP contribution in [0, 0.1) is 21.8 Å². The summed E-state index contributed by atoms with van der Waals surface area (Å²) < 4.78 is 14.1. The molecule has 0 spiro atoms. The monoisotopic (exact) mass is 351 g/mol. The van der Waals surface area contributed by atoms with Crippen molar-refractivity contribution < 1.29 is 9.31 Å². The predicted octanol–water partition coefficient (Wildman–Crippen LogP) is 5.05. The van der Waals surface area contributed by atoms with Crippen LogP contribution in [0.2, 0.25) is 0 Å². The van der Waals surface area contributed by atoms with E-state index in [0.717, 1.165) is 5.56 Å². The van der Waals surface area contributed by atoms with Crippen LogP contribution in [-0.2, 0) is 6.42 Å². The van der Waals surface area contributed by atoms with Crippen LogP contribution in [0.25, 0.3) is 0 Å². The van der Waals surface area contributed by atoms with Gasteiger partial charge in [-0.2, -0.15) is 4.39 Å². The summed E-state index contributed by atoms with van der Waals surface area (Å²) in [4.78, 5) is 10.2. The van der Waals surface area contributed by atoms with Crippen LogP contribution in [-0.4, -0.2) is 4.92 Å². The van der Waals surface area contributed by atoms with Gasteiger partial charge in [0.2, 0.25) is 5.82 Å². The fourth-order valence-electron chi connectivity index (χ4n) is 2.28. The van der Waals surface area contributed by atoms with Gasteiger partial charge in [0.15, 0.2) is 0 Å². The molecule has 0 saturated carbocycles. The van der Waals surface area contributed by atoms with Crippen LogP contribution in [0.1, 0.15) is 22.9 Å². The summed E-state index contributed by atoms with van der Waals surface area (Å²) in [6.45, 7) is 1.99. The molecular weight excluding hydrogens is 337 g/mol. The maximum Gasteiger partial charge on any atom is 0.305 e. The highest BCUT2D eigenvalue weighted by atomic mass is 79.9. The molecule has 0 aliphatic rings. The highest BCUT2D eigenvalue weighted by Gasteiger charge is 2.22. The number of nitrogens with zero attached hydrogens (tertiary/aromatic N) is 1. The molecule has 0 aliphatic carbocycles. The van der Waals surface area contributed by atoms with Gasteiger partial charge in [-0.1, -0.05) is 65.3 Å². The average Bonchev–Trinajstić information content (AvgIpc) is 2.49. The first-order chi connectivity index (χ1) is 10.0. The quantitative estimate of drug-likeness (QED) is 0.429. The smallest absolute Gasteiger partial charge is 0.258 e. The molecule has 2 aromatic rings. The SMILES string of the molecule is CC(Cc1cccc([N+](=O)[O-])c1F)C(Br)c1ccccc1. The number of nitro benzene ring substituents is 1. The molecule has 2 atom stereocenters. The van der Waals surface area contributed by atoms with Crippen LogP contribution in [0.5, 0.6) is 0 Å². The van der Waals surface area contributed by atoms with Crippen molar-refractivity contribution in [2.45, 2.75) is 18.2 Å². The van der Waals surface area contributed by atoms with Crippen molar-refractivity contribution in [1.82, 2.24) is 0 Å². The van der Waals surface area contributed by atoms with Gasteiger partial charge in [-0.05, 0) is 23.5 Å². The van der Waals surface area contributed by atoms with Crippen molar-refractivity contribution in [3.63, 3.8) is 0 Å². The molecule has 0 saturated heterocycles. The first kappa shape index (κ1) is 15.6. The van der Waals surface area contributed by atoms with Crippen molar-refractivity contribution in [2.24, 2.45) is 5.92 Å². The number of benzene rings is 2. The topological polar surface area (TPSA) is 43.1 Å². The van der Waals surface area contributed by atoms with E-state index in [1.165, 1.54) is 12.1 Å². The van der Waals surface area contributed by atoms with Crippen LogP contribution in [0.15, 0.2) is 48.5 Å². The van der Waals surface area contributed by atoms with E-state index >= 15 is 0 Å². The Hall–Kier alpha value is -1.75. The van der Waals surface area contributed by atoms with Gasteiger partial charge in [0, 0.05) is 10.9 Å². The Morgan fingerprint density at radius 2 is 1.86 bits per heavy atom. The predicted molar refractivity (Wildman–Crippen MR) is 84.0 cm³/mol. The molecule has 5 heteroatoms. The van der Waals surface area contributed by atoms with E-state index in [1.807, 2.05) is 37.3 Å². The van der Waals surface area contributed by atoms with Crippen LogP contribution >= 0.6 is 15.9 Å². The van der Waals surface area contributed by atoms with E-state index in [4.69, 9.17) is 0 Å². The molecule has 0 N–H and O–H groups in total. The van der Waals surface area contributed by atoms with Crippen LogP contribution < -0.4 is 0 Å². The number of nitro groups is 1. The molecule has 21 heavy (non-hydrogen) atoms. The summed E-state index contributed by atoms with van der Waals surface area (Å²) in [6, 6.07) is 14.1. The van der Waals surface area contributed by atoms with Crippen molar-refractivity contribution in [2.75, 3.05) is 0 Å². The van der Waals surface area contributed by atoms with E-state index in [1.54, 1.807) is 6.07 Å². The van der Waals surface area contributed by atoms with Gasteiger partial charge in [-0.3, -0.25) is 10.1 Å². The number of hydrogen-bond acceptors (Lipinski definition) is 2. The van der Waals surface area contributed by atoms with Gasteiger partial charge in [0.25, 0.3) is 0 Å². The zero-order valence-corrected chi connectivity index (χ0v) is 13.1. The molecule has 0 amide bonds. The van der Waals surface area contributed by atoms with Gasteiger partial charge in [-0.15, -0.1) is 0 Å². The summed E-state index contributed by atoms with van der Waals surface area (Å²) in [6.07, 6.45) is 0.429. The average molecular weight is 352 g/mol. The van der Waals surface area contributed by atoms with Gasteiger partial charge >= 0.3 is 5.69 Å². The molecule has 0 heterocycles. The zero-order chi connectivity index (χ0) is 15.4. The Kier molecular flexibility index (Phi) is 5.07. The third kappa shape index (κ3) is 3.67. The molecule has 3 nitrogen and oxygen atoms in total. The lowest BCUT2D eigenvalue weighted by Gasteiger charge is -2.19. The fourth-order valence-corrected chi connectivity index (χ4v) is 2.77. The lowest BCUT2D eigenvalue weighted by Crippen LogP contribution is -2.09.